The number of rotatable bonds is 2. The van der Waals surface area contributed by atoms with Gasteiger partial charge in [-0.3, -0.25) is 9.97 Å². The lowest BCUT2D eigenvalue weighted by molar-refractivity contribution is 0.194. The van der Waals surface area contributed by atoms with Crippen molar-refractivity contribution in [1.29, 1.82) is 0 Å². The Hall–Kier alpha value is -1.95. The lowest BCUT2D eigenvalue weighted by Crippen LogP contribution is -2.39. The quantitative estimate of drug-likeness (QED) is 0.217. The number of hydrogen-bond donors (Lipinski definition) is 3. The minimum absolute atomic E-state index is 0.0216. The summed E-state index contributed by atoms with van der Waals surface area (Å²) in [6, 6.07) is 10.8. The van der Waals surface area contributed by atoms with Gasteiger partial charge in [-0.05, 0) is 54.3 Å². The molecule has 41 heavy (non-hydrogen) atoms. The van der Waals surface area contributed by atoms with Crippen molar-refractivity contribution in [3.8, 4) is 11.5 Å². The molecular weight excluding hydrogens is 619 g/mol. The zero-order valence-corrected chi connectivity index (χ0v) is 26.3. The highest BCUT2D eigenvalue weighted by Crippen LogP contribution is 2.40. The van der Waals surface area contributed by atoms with Gasteiger partial charge in [0.1, 0.15) is 17.3 Å². The van der Waals surface area contributed by atoms with Gasteiger partial charge in [0.15, 0.2) is 11.5 Å². The Labute approximate surface area is 262 Å². The van der Waals surface area contributed by atoms with Gasteiger partial charge in [0.05, 0.1) is 21.4 Å². The van der Waals surface area contributed by atoms with E-state index in [0.717, 1.165) is 41.4 Å². The van der Waals surface area contributed by atoms with Crippen LogP contribution in [0.25, 0.3) is 21.8 Å². The highest BCUT2D eigenvalue weighted by Gasteiger charge is 2.23. The van der Waals surface area contributed by atoms with E-state index < -0.39 is 6.23 Å². The van der Waals surface area contributed by atoms with E-state index in [1.165, 1.54) is 0 Å². The van der Waals surface area contributed by atoms with Crippen molar-refractivity contribution in [3.05, 3.63) is 58.8 Å². The van der Waals surface area contributed by atoms with Gasteiger partial charge >= 0.3 is 0 Å². The number of phenolic OH excluding ortho intramolecular Hbond substituents is 2. The molecule has 2 aromatic heterocycles. The first kappa shape index (κ1) is 30.5. The zero-order valence-electron chi connectivity index (χ0n) is 22.4. The smallest absolute Gasteiger partial charge is 0.165 e. The van der Waals surface area contributed by atoms with Crippen molar-refractivity contribution < 1.29 is 15.3 Å². The predicted octanol–water partition coefficient (Wildman–Crippen LogP) is 6.74. The van der Waals surface area contributed by atoms with E-state index in [4.69, 9.17) is 23.2 Å². The average Bonchev–Trinajstić information content (AvgIpc) is 2.98. The number of halogens is 2. The van der Waals surface area contributed by atoms with E-state index in [2.05, 4.69) is 14.9 Å². The van der Waals surface area contributed by atoms with E-state index in [1.54, 1.807) is 36.3 Å². The van der Waals surface area contributed by atoms with Gasteiger partial charge in [0.25, 0.3) is 0 Å². The van der Waals surface area contributed by atoms with Gasteiger partial charge in [0.2, 0.25) is 0 Å². The summed E-state index contributed by atoms with van der Waals surface area (Å²) in [6.45, 7) is 1.98. The Morgan fingerprint density at radius 1 is 0.732 bits per heavy atom. The lowest BCUT2D eigenvalue weighted by Gasteiger charge is -2.31. The fourth-order valence-electron chi connectivity index (χ4n) is 4.85. The molecule has 1 aliphatic heterocycles. The highest BCUT2D eigenvalue weighted by atomic mass is 35.5. The minimum Gasteiger partial charge on any atom is -0.504 e. The molecule has 0 spiro atoms. The second-order valence-electron chi connectivity index (χ2n) is 9.57. The fourth-order valence-corrected chi connectivity index (χ4v) is 8.23. The molecule has 7 nitrogen and oxygen atoms in total. The summed E-state index contributed by atoms with van der Waals surface area (Å²) in [5, 5.41) is 36.0. The number of aliphatic hydroxyl groups excluding tert-OH is 1. The Kier molecular flexibility index (Phi) is 10.8. The van der Waals surface area contributed by atoms with Crippen molar-refractivity contribution in [2.75, 3.05) is 64.0 Å². The molecule has 5 rings (SSSR count). The van der Waals surface area contributed by atoms with E-state index in [0.29, 0.717) is 62.4 Å². The monoisotopic (exact) mass is 650 g/mol. The summed E-state index contributed by atoms with van der Waals surface area (Å²) < 4.78 is 0. The summed E-state index contributed by atoms with van der Waals surface area (Å²) in [7, 11) is 0. The zero-order chi connectivity index (χ0) is 28.8. The largest absolute Gasteiger partial charge is 0.504 e. The third-order valence-corrected chi connectivity index (χ3v) is 10.7. The first-order valence-electron chi connectivity index (χ1n) is 13.4. The highest BCUT2D eigenvalue weighted by molar-refractivity contribution is 8.00. The van der Waals surface area contributed by atoms with Crippen LogP contribution >= 0.6 is 58.5 Å². The molecule has 1 saturated heterocycles. The normalized spacial score (nSPS) is 18.7. The van der Waals surface area contributed by atoms with Gasteiger partial charge in [-0.2, -0.15) is 35.3 Å². The maximum atomic E-state index is 11.3. The summed E-state index contributed by atoms with van der Waals surface area (Å²) in [5.74, 6) is 5.09. The molecule has 1 fully saturated rings. The molecule has 3 heterocycles. The molecule has 0 saturated carbocycles. The van der Waals surface area contributed by atoms with E-state index in [1.807, 2.05) is 52.7 Å². The molecule has 0 bridgehead atoms. The van der Waals surface area contributed by atoms with Gasteiger partial charge < -0.3 is 25.1 Å². The standard InChI is InChI=1S/C29H32Cl2N4O3S3/c30-21-16-23(28(37)26-19(21)4-1-6-32-26)34-8-13-39-11-3-12-40-15-10-35(25(36)18-41-14-9-34)24-17-22(31)20-5-2-7-33-27(20)29(24)38/h1-2,4-7,16-17,25,36-38H,3,8-15,18H2/t25-/m1/s1. The van der Waals surface area contributed by atoms with Crippen LogP contribution in [0.2, 0.25) is 10.0 Å². The van der Waals surface area contributed by atoms with Crippen LogP contribution in [0.1, 0.15) is 6.42 Å². The maximum Gasteiger partial charge on any atom is 0.165 e. The van der Waals surface area contributed by atoms with Crippen molar-refractivity contribution in [3.63, 3.8) is 0 Å². The predicted molar refractivity (Wildman–Crippen MR) is 179 cm³/mol. The SMILES string of the molecule is Oc1c(N2CCSCCCSCCN(c3cc(Cl)c4cccnc4c3O)[C@H](O)CSCC2)cc(Cl)c2cccnc12. The molecule has 12 heteroatoms. The van der Waals surface area contributed by atoms with Crippen molar-refractivity contribution in [2.45, 2.75) is 12.6 Å². The molecular formula is C29H32Cl2N4O3S3. The van der Waals surface area contributed by atoms with Crippen molar-refractivity contribution in [2.24, 2.45) is 0 Å². The minimum atomic E-state index is -0.839. The fraction of sp³-hybridized carbons (Fsp3) is 0.379. The van der Waals surface area contributed by atoms with Gasteiger partial charge in [-0.25, -0.2) is 0 Å². The summed E-state index contributed by atoms with van der Waals surface area (Å²) >= 11 is 18.5. The number of pyridine rings is 2. The van der Waals surface area contributed by atoms with E-state index in [-0.39, 0.29) is 11.5 Å². The van der Waals surface area contributed by atoms with E-state index >= 15 is 0 Å². The number of nitrogens with zero attached hydrogens (tertiary/aromatic N) is 4. The Morgan fingerprint density at radius 2 is 1.27 bits per heavy atom. The molecule has 0 aliphatic carbocycles. The van der Waals surface area contributed by atoms with Crippen molar-refractivity contribution >= 4 is 91.7 Å². The number of aromatic hydroxyl groups is 2. The van der Waals surface area contributed by atoms with Crippen LogP contribution in [0, 0.1) is 0 Å². The van der Waals surface area contributed by atoms with Crippen LogP contribution in [0.15, 0.2) is 48.8 Å². The maximum absolute atomic E-state index is 11.3. The summed E-state index contributed by atoms with van der Waals surface area (Å²) in [5.41, 5.74) is 2.07. The van der Waals surface area contributed by atoms with Crippen molar-refractivity contribution in [1.82, 2.24) is 9.97 Å². The number of phenols is 2. The lowest BCUT2D eigenvalue weighted by atomic mass is 10.1. The van der Waals surface area contributed by atoms with Crippen LogP contribution in [0.3, 0.4) is 0 Å². The molecule has 218 valence electrons. The third-order valence-electron chi connectivity index (χ3n) is 6.93. The molecule has 1 aliphatic rings. The number of aromatic nitrogens is 2. The van der Waals surface area contributed by atoms with Crippen LogP contribution < -0.4 is 9.80 Å². The number of hydrogen-bond acceptors (Lipinski definition) is 10. The number of anilines is 2. The topological polar surface area (TPSA) is 93.0 Å². The van der Waals surface area contributed by atoms with Gasteiger partial charge in [-0.15, -0.1) is 0 Å². The second-order valence-corrected chi connectivity index (χ2v) is 14.0. The van der Waals surface area contributed by atoms with Gasteiger partial charge in [0, 0.05) is 65.8 Å². The number of fused-ring (bicyclic) bond motifs is 2. The van der Waals surface area contributed by atoms with Gasteiger partial charge in [-0.1, -0.05) is 23.2 Å². The number of thioether (sulfide) groups is 3. The molecule has 0 radical (unpaired) electrons. The number of benzene rings is 2. The Bertz CT molecular complexity index is 1500. The molecule has 3 N–H and O–H groups in total. The number of aliphatic hydroxyl groups is 1. The molecule has 2 aromatic carbocycles. The summed E-state index contributed by atoms with van der Waals surface area (Å²) in [4.78, 5) is 12.7. The van der Waals surface area contributed by atoms with Crippen LogP contribution in [-0.4, -0.2) is 85.7 Å². The third kappa shape index (κ3) is 7.17. The molecule has 0 unspecified atom stereocenters. The van der Waals surface area contributed by atoms with E-state index in [9.17, 15) is 15.3 Å². The molecule has 4 aromatic rings. The summed E-state index contributed by atoms with van der Waals surface area (Å²) in [6.07, 6.45) is 3.51. The van der Waals surface area contributed by atoms with Crippen LogP contribution in [-0.2, 0) is 0 Å². The molecule has 0 amide bonds. The van der Waals surface area contributed by atoms with Crippen LogP contribution in [0.5, 0.6) is 11.5 Å². The Morgan fingerprint density at radius 3 is 1.90 bits per heavy atom. The second kappa shape index (κ2) is 14.5. The Balaban J connectivity index is 1.36. The average molecular weight is 652 g/mol. The molecule has 1 atom stereocenters. The first-order valence-corrected chi connectivity index (χ1v) is 17.6. The first-order chi connectivity index (χ1) is 20.0. The van der Waals surface area contributed by atoms with Crippen LogP contribution in [0.4, 0.5) is 11.4 Å².